The van der Waals surface area contributed by atoms with Crippen molar-refractivity contribution in [2.75, 3.05) is 27.9 Å². The SMILES string of the molecule is CO[C@H]1O[C@H](COC(c2ccccc2)(c2ccccc2)c2ccccc2)[C@H](O)[C@H](OC)[C@H]1OC. The molecule has 5 atom stereocenters. The van der Waals surface area contributed by atoms with Gasteiger partial charge in [-0.05, 0) is 16.7 Å². The third-order valence-corrected chi connectivity index (χ3v) is 6.40. The monoisotopic (exact) mass is 464 g/mol. The Morgan fingerprint density at radius 1 is 0.676 bits per heavy atom. The lowest BCUT2D eigenvalue weighted by Crippen LogP contribution is -2.60. The maximum atomic E-state index is 11.1. The van der Waals surface area contributed by atoms with E-state index in [0.29, 0.717) is 0 Å². The lowest BCUT2D eigenvalue weighted by Gasteiger charge is -2.44. The van der Waals surface area contributed by atoms with E-state index in [2.05, 4.69) is 36.4 Å². The van der Waals surface area contributed by atoms with E-state index < -0.39 is 36.3 Å². The van der Waals surface area contributed by atoms with Gasteiger partial charge in [0, 0.05) is 21.3 Å². The van der Waals surface area contributed by atoms with Gasteiger partial charge in [-0.15, -0.1) is 0 Å². The summed E-state index contributed by atoms with van der Waals surface area (Å²) < 4.78 is 29.5. The Hall–Kier alpha value is -2.58. The highest BCUT2D eigenvalue weighted by molar-refractivity contribution is 5.47. The van der Waals surface area contributed by atoms with Gasteiger partial charge in [-0.25, -0.2) is 0 Å². The van der Waals surface area contributed by atoms with E-state index in [9.17, 15) is 5.11 Å². The van der Waals surface area contributed by atoms with Gasteiger partial charge in [0.1, 0.15) is 30.0 Å². The highest BCUT2D eigenvalue weighted by atomic mass is 16.7. The minimum Gasteiger partial charge on any atom is -0.387 e. The van der Waals surface area contributed by atoms with Crippen molar-refractivity contribution in [3.63, 3.8) is 0 Å². The third kappa shape index (κ3) is 4.66. The van der Waals surface area contributed by atoms with E-state index >= 15 is 0 Å². The highest BCUT2D eigenvalue weighted by Gasteiger charge is 2.48. The zero-order valence-electron chi connectivity index (χ0n) is 19.7. The first kappa shape index (κ1) is 24.5. The fourth-order valence-electron chi connectivity index (χ4n) is 4.71. The third-order valence-electron chi connectivity index (χ3n) is 6.40. The minimum absolute atomic E-state index is 0.0933. The van der Waals surface area contributed by atoms with Gasteiger partial charge < -0.3 is 28.8 Å². The van der Waals surface area contributed by atoms with Gasteiger partial charge in [0.25, 0.3) is 0 Å². The van der Waals surface area contributed by atoms with Crippen molar-refractivity contribution < 1.29 is 28.8 Å². The summed E-state index contributed by atoms with van der Waals surface area (Å²) >= 11 is 0. The van der Waals surface area contributed by atoms with Gasteiger partial charge in [-0.2, -0.15) is 0 Å². The second-order valence-corrected chi connectivity index (χ2v) is 8.26. The Morgan fingerprint density at radius 2 is 1.12 bits per heavy atom. The van der Waals surface area contributed by atoms with Crippen LogP contribution in [0, 0.1) is 0 Å². The van der Waals surface area contributed by atoms with Crippen LogP contribution in [-0.4, -0.2) is 63.7 Å². The molecule has 1 saturated heterocycles. The van der Waals surface area contributed by atoms with Crippen LogP contribution in [0.4, 0.5) is 0 Å². The maximum Gasteiger partial charge on any atom is 0.186 e. The van der Waals surface area contributed by atoms with Gasteiger partial charge >= 0.3 is 0 Å². The zero-order chi connectivity index (χ0) is 24.0. The standard InChI is InChI=1S/C28H32O6/c1-30-25-24(29)23(34-27(32-3)26(25)31-2)19-33-28(20-13-7-4-8-14-20,21-15-9-5-10-16-21)22-17-11-6-12-18-22/h4-18,23-27,29H,19H2,1-3H3/t23-,24+,25+,26-,27+/m1/s1. The molecule has 34 heavy (non-hydrogen) atoms. The van der Waals surface area contributed by atoms with Crippen molar-refractivity contribution in [2.45, 2.75) is 36.3 Å². The molecule has 0 aromatic heterocycles. The summed E-state index contributed by atoms with van der Waals surface area (Å²) in [7, 11) is 4.63. The molecular weight excluding hydrogens is 432 g/mol. The molecule has 1 aliphatic heterocycles. The summed E-state index contributed by atoms with van der Waals surface area (Å²) in [6.07, 6.45) is -3.56. The Morgan fingerprint density at radius 3 is 1.50 bits per heavy atom. The van der Waals surface area contributed by atoms with E-state index in [1.54, 1.807) is 14.2 Å². The number of ether oxygens (including phenoxy) is 5. The number of aliphatic hydroxyl groups excluding tert-OH is 1. The van der Waals surface area contributed by atoms with Crippen LogP contribution in [0.3, 0.4) is 0 Å². The van der Waals surface area contributed by atoms with Gasteiger partial charge in [0.15, 0.2) is 6.29 Å². The predicted molar refractivity (Wildman–Crippen MR) is 128 cm³/mol. The van der Waals surface area contributed by atoms with Gasteiger partial charge in [-0.1, -0.05) is 91.0 Å². The fraction of sp³-hybridized carbons (Fsp3) is 0.357. The quantitative estimate of drug-likeness (QED) is 0.487. The number of benzene rings is 3. The molecule has 0 radical (unpaired) electrons. The maximum absolute atomic E-state index is 11.1. The van der Waals surface area contributed by atoms with Crippen LogP contribution in [0.25, 0.3) is 0 Å². The first-order valence-corrected chi connectivity index (χ1v) is 11.4. The van der Waals surface area contributed by atoms with Crippen molar-refractivity contribution in [3.8, 4) is 0 Å². The summed E-state index contributed by atoms with van der Waals surface area (Å²) in [5.74, 6) is 0. The van der Waals surface area contributed by atoms with Gasteiger partial charge in [-0.3, -0.25) is 0 Å². The highest BCUT2D eigenvalue weighted by Crippen LogP contribution is 2.41. The van der Waals surface area contributed by atoms with Gasteiger partial charge in [0.05, 0.1) is 6.61 Å². The molecule has 0 amide bonds. The zero-order valence-corrected chi connectivity index (χ0v) is 19.7. The first-order valence-electron chi connectivity index (χ1n) is 11.4. The van der Waals surface area contributed by atoms with Gasteiger partial charge in [0.2, 0.25) is 0 Å². The Balaban J connectivity index is 1.75. The summed E-state index contributed by atoms with van der Waals surface area (Å²) in [6.45, 7) is 0.0933. The van der Waals surface area contributed by atoms with Crippen LogP contribution >= 0.6 is 0 Å². The van der Waals surface area contributed by atoms with Crippen LogP contribution in [0.1, 0.15) is 16.7 Å². The lowest BCUT2D eigenvalue weighted by molar-refractivity contribution is -0.307. The minimum atomic E-state index is -0.971. The van der Waals surface area contributed by atoms with E-state index in [-0.39, 0.29) is 6.61 Å². The van der Waals surface area contributed by atoms with E-state index in [4.69, 9.17) is 23.7 Å². The van der Waals surface area contributed by atoms with E-state index in [0.717, 1.165) is 16.7 Å². The van der Waals surface area contributed by atoms with Crippen LogP contribution in [0.2, 0.25) is 0 Å². The molecule has 0 unspecified atom stereocenters. The molecule has 0 saturated carbocycles. The molecule has 0 spiro atoms. The van der Waals surface area contributed by atoms with Crippen molar-refractivity contribution >= 4 is 0 Å². The van der Waals surface area contributed by atoms with Crippen molar-refractivity contribution in [1.82, 2.24) is 0 Å². The van der Waals surface area contributed by atoms with Crippen molar-refractivity contribution in [3.05, 3.63) is 108 Å². The van der Waals surface area contributed by atoms with E-state index in [1.165, 1.54) is 7.11 Å². The second-order valence-electron chi connectivity index (χ2n) is 8.26. The van der Waals surface area contributed by atoms with Crippen LogP contribution in [0.5, 0.6) is 0 Å². The Kier molecular flexibility index (Phi) is 8.11. The number of rotatable bonds is 9. The molecule has 0 bridgehead atoms. The number of aliphatic hydroxyl groups is 1. The molecule has 1 heterocycles. The molecule has 6 heteroatoms. The van der Waals surface area contributed by atoms with E-state index in [1.807, 2.05) is 54.6 Å². The number of hydrogen-bond acceptors (Lipinski definition) is 6. The van der Waals surface area contributed by atoms with Crippen LogP contribution < -0.4 is 0 Å². The van der Waals surface area contributed by atoms with Crippen molar-refractivity contribution in [2.24, 2.45) is 0 Å². The summed E-state index contributed by atoms with van der Waals surface area (Å²) in [5, 5.41) is 11.1. The normalized spacial score (nSPS) is 25.2. The molecule has 1 aliphatic rings. The molecule has 6 nitrogen and oxygen atoms in total. The summed E-state index contributed by atoms with van der Waals surface area (Å²) in [6, 6.07) is 30.2. The number of hydrogen-bond donors (Lipinski definition) is 1. The topological polar surface area (TPSA) is 66.4 Å². The Labute approximate surface area is 201 Å². The lowest BCUT2D eigenvalue weighted by atomic mass is 9.80. The molecule has 1 N–H and O–H groups in total. The van der Waals surface area contributed by atoms with Crippen LogP contribution in [0.15, 0.2) is 91.0 Å². The fourth-order valence-corrected chi connectivity index (χ4v) is 4.71. The second kappa shape index (κ2) is 11.2. The van der Waals surface area contributed by atoms with Crippen LogP contribution in [-0.2, 0) is 29.3 Å². The first-order chi connectivity index (χ1) is 16.7. The smallest absolute Gasteiger partial charge is 0.186 e. The Bertz CT molecular complexity index is 901. The average molecular weight is 465 g/mol. The summed E-state index contributed by atoms with van der Waals surface area (Å²) in [5.41, 5.74) is 1.99. The molecule has 1 fully saturated rings. The molecule has 3 aromatic rings. The number of methoxy groups -OCH3 is 3. The molecule has 4 rings (SSSR count). The molecular formula is C28H32O6. The summed E-state index contributed by atoms with van der Waals surface area (Å²) in [4.78, 5) is 0. The molecule has 0 aliphatic carbocycles. The largest absolute Gasteiger partial charge is 0.387 e. The predicted octanol–water partition coefficient (Wildman–Crippen LogP) is 3.76. The molecule has 180 valence electrons. The average Bonchev–Trinajstić information content (AvgIpc) is 2.91. The van der Waals surface area contributed by atoms with Crippen molar-refractivity contribution in [1.29, 1.82) is 0 Å². The molecule has 3 aromatic carbocycles.